The Labute approximate surface area is 231 Å². The quantitative estimate of drug-likeness (QED) is 0.0992. The minimum atomic E-state index is -0.700. The van der Waals surface area contributed by atoms with Crippen molar-refractivity contribution < 1.29 is 14.7 Å². The van der Waals surface area contributed by atoms with Crippen molar-refractivity contribution in [2.45, 2.75) is 181 Å². The number of rotatable bonds is 29. The third-order valence-electron chi connectivity index (χ3n) is 7.99. The van der Waals surface area contributed by atoms with Crippen LogP contribution in [-0.2, 0) is 9.59 Å². The van der Waals surface area contributed by atoms with Crippen molar-refractivity contribution in [1.82, 2.24) is 4.90 Å². The zero-order chi connectivity index (χ0) is 27.4. The number of hydrogen-bond donors (Lipinski definition) is 1. The summed E-state index contributed by atoms with van der Waals surface area (Å²) in [6, 6.07) is 0. The number of unbranched alkanes of at least 4 members (excludes halogenated alkanes) is 21. The van der Waals surface area contributed by atoms with Crippen LogP contribution in [0.5, 0.6) is 0 Å². The molecule has 1 atom stereocenters. The van der Waals surface area contributed by atoms with E-state index in [1.807, 2.05) is 7.05 Å². The number of carbonyl (C=O) groups excluding carboxylic acids is 1. The molecule has 0 bridgehead atoms. The molecule has 0 spiro atoms. The second-order valence-corrected chi connectivity index (χ2v) is 11.6. The van der Waals surface area contributed by atoms with Gasteiger partial charge in [-0.05, 0) is 19.3 Å². The standard InChI is InChI=1S/C33H65NO3/c1-4-6-8-10-12-14-15-16-17-18-20-21-23-25-27-31(33(36)37)29-30-34(3)32(35)28-26-24-22-19-13-11-9-7-5-2/h31H,4-30H2,1-3H3,(H,36,37). The summed E-state index contributed by atoms with van der Waals surface area (Å²) in [6.07, 6.45) is 31.6. The lowest BCUT2D eigenvalue weighted by Crippen LogP contribution is -2.30. The number of carbonyl (C=O) groups is 2. The number of amides is 1. The Morgan fingerprint density at radius 2 is 0.892 bits per heavy atom. The Kier molecular flexibility index (Phi) is 27.2. The molecular weight excluding hydrogens is 458 g/mol. The monoisotopic (exact) mass is 523 g/mol. The van der Waals surface area contributed by atoms with Crippen LogP contribution >= 0.6 is 0 Å². The van der Waals surface area contributed by atoms with Crippen molar-refractivity contribution in [1.29, 1.82) is 0 Å². The SMILES string of the molecule is CCCCCCCCCCCCCCCCC(CCN(C)C(=O)CCCCCCCCCCC)C(=O)O. The lowest BCUT2D eigenvalue weighted by Gasteiger charge is -2.20. The Morgan fingerprint density at radius 3 is 1.27 bits per heavy atom. The van der Waals surface area contributed by atoms with E-state index in [2.05, 4.69) is 13.8 Å². The summed E-state index contributed by atoms with van der Waals surface area (Å²) in [7, 11) is 1.83. The molecule has 0 fully saturated rings. The molecule has 0 aliphatic heterocycles. The highest BCUT2D eigenvalue weighted by Crippen LogP contribution is 2.18. The van der Waals surface area contributed by atoms with Crippen LogP contribution in [0.1, 0.15) is 181 Å². The first kappa shape index (κ1) is 35.9. The molecule has 1 amide bonds. The molecule has 37 heavy (non-hydrogen) atoms. The zero-order valence-electron chi connectivity index (χ0n) is 25.4. The Balaban J connectivity index is 3.69. The number of nitrogens with zero attached hydrogens (tertiary/aromatic N) is 1. The Hall–Kier alpha value is -1.06. The zero-order valence-corrected chi connectivity index (χ0v) is 25.4. The lowest BCUT2D eigenvalue weighted by molar-refractivity contribution is -0.143. The van der Waals surface area contributed by atoms with E-state index >= 15 is 0 Å². The average Bonchev–Trinajstić information content (AvgIpc) is 2.89. The maximum absolute atomic E-state index is 12.4. The molecule has 0 heterocycles. The number of carboxylic acids is 1. The van der Waals surface area contributed by atoms with E-state index in [-0.39, 0.29) is 11.8 Å². The fraction of sp³-hybridized carbons (Fsp3) is 0.939. The van der Waals surface area contributed by atoms with Gasteiger partial charge in [0, 0.05) is 20.0 Å². The Morgan fingerprint density at radius 1 is 0.541 bits per heavy atom. The van der Waals surface area contributed by atoms with Crippen LogP contribution in [0.4, 0.5) is 0 Å². The predicted molar refractivity (Wildman–Crippen MR) is 160 cm³/mol. The smallest absolute Gasteiger partial charge is 0.306 e. The number of carboxylic acid groups (broad SMARTS) is 1. The van der Waals surface area contributed by atoms with Gasteiger partial charge in [0.15, 0.2) is 0 Å². The molecule has 0 aromatic rings. The summed E-state index contributed by atoms with van der Waals surface area (Å²) in [5.74, 6) is -0.849. The third-order valence-corrected chi connectivity index (χ3v) is 7.99. The minimum absolute atomic E-state index is 0.170. The second kappa shape index (κ2) is 28.0. The molecule has 1 unspecified atom stereocenters. The molecular formula is C33H65NO3. The normalized spacial score (nSPS) is 12.1. The van der Waals surface area contributed by atoms with Crippen molar-refractivity contribution in [2.75, 3.05) is 13.6 Å². The first-order valence-electron chi connectivity index (χ1n) is 16.5. The maximum atomic E-state index is 12.4. The van der Waals surface area contributed by atoms with Crippen molar-refractivity contribution in [2.24, 2.45) is 5.92 Å². The molecule has 4 heteroatoms. The van der Waals surface area contributed by atoms with E-state index < -0.39 is 5.97 Å². The topological polar surface area (TPSA) is 57.6 Å². The molecule has 220 valence electrons. The Bertz CT molecular complexity index is 508. The fourth-order valence-corrected chi connectivity index (χ4v) is 5.23. The molecule has 4 nitrogen and oxygen atoms in total. The molecule has 1 N–H and O–H groups in total. The lowest BCUT2D eigenvalue weighted by atomic mass is 9.96. The van der Waals surface area contributed by atoms with Crippen LogP contribution in [0.25, 0.3) is 0 Å². The van der Waals surface area contributed by atoms with Gasteiger partial charge in [0.05, 0.1) is 5.92 Å². The van der Waals surface area contributed by atoms with Crippen LogP contribution in [0.2, 0.25) is 0 Å². The highest BCUT2D eigenvalue weighted by molar-refractivity contribution is 5.76. The van der Waals surface area contributed by atoms with Crippen LogP contribution in [0.3, 0.4) is 0 Å². The maximum Gasteiger partial charge on any atom is 0.306 e. The molecule has 0 aromatic heterocycles. The minimum Gasteiger partial charge on any atom is -0.481 e. The van der Waals surface area contributed by atoms with Crippen LogP contribution in [0.15, 0.2) is 0 Å². The van der Waals surface area contributed by atoms with E-state index in [1.165, 1.54) is 122 Å². The molecule has 0 aliphatic carbocycles. The number of aliphatic carboxylic acids is 1. The summed E-state index contributed by atoms with van der Waals surface area (Å²) >= 11 is 0. The highest BCUT2D eigenvalue weighted by Gasteiger charge is 2.19. The van der Waals surface area contributed by atoms with Crippen molar-refractivity contribution in [3.63, 3.8) is 0 Å². The van der Waals surface area contributed by atoms with E-state index in [9.17, 15) is 14.7 Å². The fourth-order valence-electron chi connectivity index (χ4n) is 5.23. The van der Waals surface area contributed by atoms with Gasteiger partial charge < -0.3 is 10.0 Å². The van der Waals surface area contributed by atoms with Gasteiger partial charge in [-0.2, -0.15) is 0 Å². The molecule has 0 saturated carbocycles. The second-order valence-electron chi connectivity index (χ2n) is 11.6. The van der Waals surface area contributed by atoms with Gasteiger partial charge >= 0.3 is 5.97 Å². The van der Waals surface area contributed by atoms with E-state index in [0.29, 0.717) is 19.4 Å². The molecule has 0 aliphatic rings. The van der Waals surface area contributed by atoms with Gasteiger partial charge in [0.1, 0.15) is 0 Å². The predicted octanol–water partition coefficient (Wildman–Crippen LogP) is 10.3. The van der Waals surface area contributed by atoms with Gasteiger partial charge in [-0.15, -0.1) is 0 Å². The summed E-state index contributed by atoms with van der Waals surface area (Å²) < 4.78 is 0. The third kappa shape index (κ3) is 25.0. The molecule has 0 aromatic carbocycles. The molecule has 0 saturated heterocycles. The van der Waals surface area contributed by atoms with Crippen LogP contribution in [-0.4, -0.2) is 35.5 Å². The average molecular weight is 524 g/mol. The van der Waals surface area contributed by atoms with Gasteiger partial charge in [-0.25, -0.2) is 0 Å². The molecule has 0 rings (SSSR count). The van der Waals surface area contributed by atoms with Gasteiger partial charge in [0.25, 0.3) is 0 Å². The van der Waals surface area contributed by atoms with E-state index in [1.54, 1.807) is 4.90 Å². The van der Waals surface area contributed by atoms with Crippen molar-refractivity contribution in [3.05, 3.63) is 0 Å². The summed E-state index contributed by atoms with van der Waals surface area (Å²) in [4.78, 5) is 25.9. The largest absolute Gasteiger partial charge is 0.481 e. The van der Waals surface area contributed by atoms with Gasteiger partial charge in [0.2, 0.25) is 5.91 Å². The first-order chi connectivity index (χ1) is 18.0. The summed E-state index contributed by atoms with van der Waals surface area (Å²) in [5, 5.41) is 9.62. The van der Waals surface area contributed by atoms with Crippen LogP contribution < -0.4 is 0 Å². The highest BCUT2D eigenvalue weighted by atomic mass is 16.4. The van der Waals surface area contributed by atoms with Crippen LogP contribution in [0, 0.1) is 5.92 Å². The summed E-state index contributed by atoms with van der Waals surface area (Å²) in [5.41, 5.74) is 0. The van der Waals surface area contributed by atoms with Crippen molar-refractivity contribution >= 4 is 11.9 Å². The van der Waals surface area contributed by atoms with Gasteiger partial charge in [-0.1, -0.05) is 155 Å². The number of hydrogen-bond acceptors (Lipinski definition) is 2. The van der Waals surface area contributed by atoms with Crippen molar-refractivity contribution in [3.8, 4) is 0 Å². The summed E-state index contributed by atoms with van der Waals surface area (Å²) in [6.45, 7) is 5.08. The van der Waals surface area contributed by atoms with E-state index in [4.69, 9.17) is 0 Å². The van der Waals surface area contributed by atoms with Gasteiger partial charge in [-0.3, -0.25) is 9.59 Å². The van der Waals surface area contributed by atoms with E-state index in [0.717, 1.165) is 32.1 Å². The first-order valence-corrected chi connectivity index (χ1v) is 16.5. The molecule has 0 radical (unpaired) electrons.